The Morgan fingerprint density at radius 1 is 0.507 bits per heavy atom. The monoisotopic (exact) mass is 1090 g/mol. The average molecular weight is 1090 g/mol. The molecule has 6 unspecified atom stereocenters. The summed E-state index contributed by atoms with van der Waals surface area (Å²) in [6.07, 6.45) is 56.5. The van der Waals surface area contributed by atoms with Crippen molar-refractivity contribution in [1.29, 1.82) is 0 Å². The summed E-state index contributed by atoms with van der Waals surface area (Å²) in [7, 11) is -5.07. The predicted molar refractivity (Wildman–Crippen MR) is 308 cm³/mol. The van der Waals surface area contributed by atoms with E-state index in [1.165, 1.54) is 231 Å². The fourth-order valence-electron chi connectivity index (χ4n) is 10.1. The van der Waals surface area contributed by atoms with Crippen molar-refractivity contribution in [2.24, 2.45) is 0 Å². The number of carbonyl (C=O) groups is 1. The lowest BCUT2D eigenvalue weighted by Gasteiger charge is -2.41. The number of ether oxygens (including phenoxy) is 4. The summed E-state index contributed by atoms with van der Waals surface area (Å²) in [4.78, 5) is 13.0. The molecule has 0 bridgehead atoms. The third kappa shape index (κ3) is 46.1. The lowest BCUT2D eigenvalue weighted by atomic mass is 9.99. The smallest absolute Gasteiger partial charge is 0.397 e. The lowest BCUT2D eigenvalue weighted by molar-refractivity contribution is -0.301. The first-order valence-corrected chi connectivity index (χ1v) is 33.0. The number of allylic oxidation sites excluding steroid dienone is 4. The molecule has 0 saturated carbocycles. The fourth-order valence-corrected chi connectivity index (χ4v) is 10.6. The van der Waals surface area contributed by atoms with Crippen LogP contribution in [0.25, 0.3) is 0 Å². The number of carbonyl (C=O) groups excluding carboxylic acids is 1. The molecule has 0 spiro atoms. The van der Waals surface area contributed by atoms with E-state index < -0.39 is 59.8 Å². The zero-order valence-corrected chi connectivity index (χ0v) is 49.2. The van der Waals surface area contributed by atoms with E-state index >= 15 is 0 Å². The summed E-state index contributed by atoms with van der Waals surface area (Å²) in [5.41, 5.74) is 0. The second-order valence-corrected chi connectivity index (χ2v) is 23.1. The second-order valence-electron chi connectivity index (χ2n) is 22.0. The molecule has 13 heteroatoms. The van der Waals surface area contributed by atoms with Crippen LogP contribution in [0.5, 0.6) is 0 Å². The van der Waals surface area contributed by atoms with Gasteiger partial charge < -0.3 is 34.3 Å². The number of esters is 1. The lowest BCUT2D eigenvalue weighted by Crippen LogP contribution is -2.60. The van der Waals surface area contributed by atoms with Gasteiger partial charge in [-0.15, -0.1) is 0 Å². The van der Waals surface area contributed by atoms with E-state index in [1.807, 2.05) is 0 Å². The summed E-state index contributed by atoms with van der Waals surface area (Å²) in [5, 5.41) is 30.9. The quantitative estimate of drug-likeness (QED) is 0.0196. The molecule has 0 aromatic heterocycles. The van der Waals surface area contributed by atoms with Crippen LogP contribution in [0.3, 0.4) is 0 Å². The maximum absolute atomic E-state index is 13.0. The average Bonchev–Trinajstić information content (AvgIpc) is 3.39. The normalized spacial score (nSPS) is 18.7. The van der Waals surface area contributed by atoms with Crippen molar-refractivity contribution in [3.63, 3.8) is 0 Å². The van der Waals surface area contributed by atoms with Gasteiger partial charge in [0.05, 0.1) is 19.8 Å². The largest absolute Gasteiger partial charge is 0.457 e. The Kier molecular flexibility index (Phi) is 50.8. The molecule has 4 N–H and O–H groups in total. The Bertz CT molecular complexity index is 1390. The van der Waals surface area contributed by atoms with Crippen molar-refractivity contribution in [2.75, 3.05) is 26.4 Å². The van der Waals surface area contributed by atoms with Crippen molar-refractivity contribution in [3.8, 4) is 0 Å². The third-order valence-electron chi connectivity index (χ3n) is 14.8. The molecular formula is C62H118O12S. The van der Waals surface area contributed by atoms with Crippen LogP contribution in [0.2, 0.25) is 0 Å². The van der Waals surface area contributed by atoms with Gasteiger partial charge in [-0.25, -0.2) is 4.18 Å². The van der Waals surface area contributed by atoms with E-state index in [2.05, 4.69) is 42.3 Å². The van der Waals surface area contributed by atoms with E-state index in [0.29, 0.717) is 13.0 Å². The van der Waals surface area contributed by atoms with Crippen LogP contribution in [0, 0.1) is 0 Å². The number of aliphatic hydroxyl groups is 3. The van der Waals surface area contributed by atoms with Gasteiger partial charge in [-0.05, 0) is 44.9 Å². The molecule has 1 rings (SSSR count). The summed E-state index contributed by atoms with van der Waals surface area (Å²) >= 11 is 0. The Morgan fingerprint density at radius 2 is 0.880 bits per heavy atom. The summed E-state index contributed by atoms with van der Waals surface area (Å²) < 4.78 is 59.6. The number of hydrogen-bond acceptors (Lipinski definition) is 11. The minimum Gasteiger partial charge on any atom is -0.457 e. The van der Waals surface area contributed by atoms with Crippen LogP contribution in [-0.2, 0) is 38.3 Å². The molecule has 1 aliphatic rings. The first-order chi connectivity index (χ1) is 36.6. The zero-order chi connectivity index (χ0) is 54.6. The molecule has 75 heavy (non-hydrogen) atoms. The maximum atomic E-state index is 13.0. The molecule has 444 valence electrons. The first kappa shape index (κ1) is 71.6. The van der Waals surface area contributed by atoms with Crippen LogP contribution in [-0.4, -0.2) is 97.5 Å². The summed E-state index contributed by atoms with van der Waals surface area (Å²) in [6, 6.07) is 0. The van der Waals surface area contributed by atoms with Gasteiger partial charge in [0.2, 0.25) is 0 Å². The number of aliphatic hydroxyl groups excluding tert-OH is 3. The number of hydrogen-bond donors (Lipinski definition) is 4. The molecule has 1 saturated heterocycles. The zero-order valence-electron chi connectivity index (χ0n) is 48.4. The van der Waals surface area contributed by atoms with E-state index in [9.17, 15) is 33.1 Å². The molecule has 12 nitrogen and oxygen atoms in total. The van der Waals surface area contributed by atoms with Gasteiger partial charge >= 0.3 is 16.4 Å². The van der Waals surface area contributed by atoms with Gasteiger partial charge in [0.1, 0.15) is 30.5 Å². The molecule has 1 heterocycles. The molecule has 1 aliphatic heterocycles. The molecule has 0 radical (unpaired) electrons. The SMILES string of the molecule is CCCCCCC/C=C\C/C=C\CCCCCCCCCCCCCCCCOCC(COC1OC(CO)C(O)C(OS(=O)(=O)O)C1O)OC(=O)CCCCCCCCCCCCCCCCCCCCCCCC. The van der Waals surface area contributed by atoms with Gasteiger partial charge in [0.15, 0.2) is 6.29 Å². The Hall–Kier alpha value is -1.42. The Labute approximate surface area is 461 Å². The molecule has 0 aliphatic carbocycles. The highest BCUT2D eigenvalue weighted by atomic mass is 32.3. The van der Waals surface area contributed by atoms with Crippen molar-refractivity contribution < 1.29 is 56.2 Å². The Balaban J connectivity index is 2.24. The predicted octanol–water partition coefficient (Wildman–Crippen LogP) is 16.3. The van der Waals surface area contributed by atoms with E-state index in [-0.39, 0.29) is 19.6 Å². The van der Waals surface area contributed by atoms with Gasteiger partial charge in [-0.3, -0.25) is 9.35 Å². The molecule has 6 atom stereocenters. The maximum Gasteiger partial charge on any atom is 0.397 e. The van der Waals surface area contributed by atoms with Crippen LogP contribution >= 0.6 is 0 Å². The first-order valence-electron chi connectivity index (χ1n) is 31.6. The standard InChI is InChI=1S/C62H118O12S/c1-3-5-7-9-11-13-15-17-19-21-23-25-27-28-29-30-32-34-36-38-40-42-44-46-48-50-52-70-54-56(55-71-62-60(66)61(74-75(67,68)69)59(65)57(53-63)73-62)72-58(64)51-49-47-45-43-41-39-37-35-33-31-26-24-22-20-18-16-14-12-10-8-6-4-2/h15,17,21,23,56-57,59-63,65-66H,3-14,16,18-20,22,24-55H2,1-2H3,(H,67,68,69)/b17-15-,23-21-. The van der Waals surface area contributed by atoms with Crippen LogP contribution < -0.4 is 0 Å². The second kappa shape index (κ2) is 53.2. The van der Waals surface area contributed by atoms with E-state index in [4.69, 9.17) is 18.9 Å². The summed E-state index contributed by atoms with van der Waals surface area (Å²) in [5.74, 6) is -0.391. The highest BCUT2D eigenvalue weighted by Crippen LogP contribution is 2.26. The highest BCUT2D eigenvalue weighted by Gasteiger charge is 2.48. The molecule has 1 fully saturated rings. The third-order valence-corrected chi connectivity index (χ3v) is 15.3. The molecule has 0 aromatic rings. The van der Waals surface area contributed by atoms with E-state index in [1.54, 1.807) is 0 Å². The van der Waals surface area contributed by atoms with Crippen LogP contribution in [0.4, 0.5) is 0 Å². The van der Waals surface area contributed by atoms with Crippen molar-refractivity contribution >= 4 is 16.4 Å². The molecule has 0 aromatic carbocycles. The fraction of sp³-hybridized carbons (Fsp3) is 0.919. The van der Waals surface area contributed by atoms with Crippen molar-refractivity contribution in [3.05, 3.63) is 24.3 Å². The minimum absolute atomic E-state index is 0.0414. The van der Waals surface area contributed by atoms with Gasteiger partial charge in [-0.1, -0.05) is 276 Å². The topological polar surface area (TPSA) is 178 Å². The van der Waals surface area contributed by atoms with Gasteiger partial charge in [0.25, 0.3) is 0 Å². The molecule has 0 amide bonds. The summed E-state index contributed by atoms with van der Waals surface area (Å²) in [6.45, 7) is 4.06. The number of rotatable bonds is 57. The highest BCUT2D eigenvalue weighted by molar-refractivity contribution is 7.80. The van der Waals surface area contributed by atoms with Gasteiger partial charge in [0, 0.05) is 13.0 Å². The van der Waals surface area contributed by atoms with Crippen LogP contribution in [0.15, 0.2) is 24.3 Å². The van der Waals surface area contributed by atoms with Crippen molar-refractivity contribution in [2.45, 2.75) is 340 Å². The molecular weight excluding hydrogens is 969 g/mol. The van der Waals surface area contributed by atoms with Crippen molar-refractivity contribution in [1.82, 2.24) is 0 Å². The van der Waals surface area contributed by atoms with Gasteiger partial charge in [-0.2, -0.15) is 8.42 Å². The minimum atomic E-state index is -5.07. The Morgan fingerprint density at radius 3 is 1.27 bits per heavy atom. The van der Waals surface area contributed by atoms with Crippen LogP contribution in [0.1, 0.15) is 303 Å². The number of unbranched alkanes of at least 4 members (excludes halogenated alkanes) is 40. The van der Waals surface area contributed by atoms with E-state index in [0.717, 1.165) is 44.9 Å².